The van der Waals surface area contributed by atoms with Crippen molar-refractivity contribution in [3.05, 3.63) is 164 Å². The van der Waals surface area contributed by atoms with Gasteiger partial charge in [-0.25, -0.2) is 52.7 Å². The fourth-order valence-electron chi connectivity index (χ4n) is 5.83. The Balaban J connectivity index is 0.000000586. The van der Waals surface area contributed by atoms with Crippen LogP contribution in [0.1, 0.15) is 25.0 Å². The molecule has 2 heterocycles. The van der Waals surface area contributed by atoms with Crippen LogP contribution in [0, 0.1) is 130 Å². The second kappa shape index (κ2) is 23.8. The molecule has 4 aromatic carbocycles. The topological polar surface area (TPSA) is 42.9 Å². The normalized spacial score (nSPS) is 12.2. The zero-order chi connectivity index (χ0) is 56.4. The smallest absolute Gasteiger partial charge is 0.200 e. The Kier molecular flexibility index (Phi) is 20.9. The molecule has 0 aliphatic heterocycles. The first kappa shape index (κ1) is 65.0. The van der Waals surface area contributed by atoms with E-state index in [9.17, 15) is 118 Å². The van der Waals surface area contributed by atoms with E-state index in [1.807, 2.05) is 36.7 Å². The van der Waals surface area contributed by atoms with Gasteiger partial charge in [-0.3, -0.25) is 9.97 Å². The van der Waals surface area contributed by atoms with Crippen molar-refractivity contribution >= 4 is 50.7 Å². The second-order valence-electron chi connectivity index (χ2n) is 14.5. The summed E-state index contributed by atoms with van der Waals surface area (Å²) in [7, 11) is -20.5. The summed E-state index contributed by atoms with van der Waals surface area (Å²) in [4.78, 5) is 18.0. The molecule has 0 aliphatic carbocycles. The molecule has 6 aromatic rings. The van der Waals surface area contributed by atoms with E-state index < -0.39 is 174 Å². The maximum atomic E-state index is 14.9. The summed E-state index contributed by atoms with van der Waals surface area (Å²) in [5.41, 5.74) is 4.29. The summed E-state index contributed by atoms with van der Waals surface area (Å²) in [5.74, 6) is -58.9. The van der Waals surface area contributed by atoms with Crippen molar-refractivity contribution in [3.8, 4) is 11.4 Å². The predicted octanol–water partition coefficient (Wildman–Crippen LogP) is 14.2. The van der Waals surface area contributed by atoms with Gasteiger partial charge in [-0.1, -0.05) is 0 Å². The number of ketones is 1. The second-order valence-corrected chi connectivity index (χ2v) is 21.4. The average Bonchev–Trinajstić information content (AvgIpc) is 3.29. The molecule has 2 aromatic heterocycles. The van der Waals surface area contributed by atoms with Crippen LogP contribution in [0.2, 0.25) is 0 Å². The number of carbonyl (C=O) groups excluding carboxylic acids is 1. The molecule has 74 heavy (non-hydrogen) atoms. The molecule has 0 saturated heterocycles. The quantitative estimate of drug-likeness (QED) is 0.0501. The van der Waals surface area contributed by atoms with E-state index in [2.05, 4.69) is 23.8 Å². The Bertz CT molecular complexity index is 2670. The summed E-state index contributed by atoms with van der Waals surface area (Å²) in [6.45, 7) is 7.17. The molecule has 0 aliphatic rings. The molecule has 0 unspecified atom stereocenters. The Morgan fingerprint density at radius 3 is 0.676 bits per heavy atom. The van der Waals surface area contributed by atoms with E-state index >= 15 is 0 Å². The van der Waals surface area contributed by atoms with Crippen molar-refractivity contribution in [2.24, 2.45) is 0 Å². The number of aromatic nitrogens is 2. The average molecular weight is 1210 g/mol. The number of Topliss-reactive ketones (excluding diaryl/α,β-unsaturated/α-hetero) is 1. The zero-order valence-corrected chi connectivity index (χ0v) is 40.1. The first-order valence-corrected chi connectivity index (χ1v) is 24.3. The summed E-state index contributed by atoms with van der Waals surface area (Å²) in [6.07, 6.45) is -0.299. The van der Waals surface area contributed by atoms with Gasteiger partial charge in [-0.05, 0) is 63.1 Å². The van der Waals surface area contributed by atoms with Gasteiger partial charge in [-0.2, -0.15) is 35.1 Å². The molecule has 0 spiro atoms. The van der Waals surface area contributed by atoms with Crippen molar-refractivity contribution in [1.82, 2.24) is 9.97 Å². The van der Waals surface area contributed by atoms with E-state index in [1.54, 1.807) is 0 Å². The van der Waals surface area contributed by atoms with Crippen molar-refractivity contribution in [3.63, 3.8) is 0 Å². The predicted molar refractivity (Wildman–Crippen MR) is 217 cm³/mol. The van der Waals surface area contributed by atoms with Crippen LogP contribution in [0.3, 0.4) is 0 Å². The van der Waals surface area contributed by atoms with Crippen LogP contribution in [0.15, 0.2) is 36.7 Å². The molecule has 0 bridgehead atoms. The Labute approximate surface area is 410 Å². The Morgan fingerprint density at radius 1 is 0.378 bits per heavy atom. The van der Waals surface area contributed by atoms with Crippen LogP contribution in [-0.2, 0) is 21.9 Å². The number of rotatable bonds is 8. The molecule has 33 heteroatoms. The number of aryl methyl sites for hydroxylation is 2. The minimum absolute atomic E-state index is 0. The van der Waals surface area contributed by atoms with E-state index in [4.69, 9.17) is 0 Å². The van der Waals surface area contributed by atoms with Crippen molar-refractivity contribution in [2.45, 2.75) is 27.7 Å². The zero-order valence-electron chi connectivity index (χ0n) is 36.3. The maximum absolute atomic E-state index is 14.9. The standard InChI is InChI=1S/C26H4F20P2.C12H12N2.C3H6O.Cu.F6P/c27-3-7(31)15(39)23(16(40)8(3)32)47(24-17(41)9(33)4(28)10(34)18(24)42)1-2-48(25-19(43)11(35)5(29)12(36)20(25)44)26-21(45)13(37)6(30)14(38)22(26)46;1-9-3-5-13-11(7-9)12-8-10(2)4-6-14-12;1-3(2)4;;1-7(2,3,4,5)6/h1-2H2;3-8H,1-2H3;1-2H3;;/q;;;+1;-1/p+2. The molecule has 6 rings (SSSR count). The molecular weight excluding hydrogens is 1190 g/mol. The van der Waals surface area contributed by atoms with E-state index in [0.717, 1.165) is 11.4 Å². The summed E-state index contributed by atoms with van der Waals surface area (Å²) in [6, 6.07) is 8.06. The first-order valence-electron chi connectivity index (χ1n) is 18.8. The molecule has 0 saturated carbocycles. The third-order valence-corrected chi connectivity index (χ3v) is 14.9. The molecule has 410 valence electrons. The molecule has 0 N–H and O–H groups in total. The van der Waals surface area contributed by atoms with Crippen LogP contribution < -0.4 is 21.2 Å². The number of hydrogen-bond donors (Lipinski definition) is 0. The van der Waals surface area contributed by atoms with Crippen LogP contribution in [0.4, 0.5) is 113 Å². The number of nitrogens with zero attached hydrogens (tertiary/aromatic N) is 2. The van der Waals surface area contributed by atoms with Gasteiger partial charge >= 0.3 is 50.1 Å². The van der Waals surface area contributed by atoms with Gasteiger partial charge in [0.15, 0.2) is 21.2 Å². The monoisotopic (exact) mass is 1210 g/mol. The molecule has 3 nitrogen and oxygen atoms in total. The molecule has 0 amide bonds. The fraction of sp³-hybridized carbons (Fsp3) is 0.146. The Morgan fingerprint density at radius 2 is 0.527 bits per heavy atom. The van der Waals surface area contributed by atoms with Gasteiger partial charge in [0.05, 0.1) is 27.2 Å². The maximum Gasteiger partial charge on any atom is 1.00 e. The van der Waals surface area contributed by atoms with E-state index in [-0.39, 0.29) is 22.9 Å². The van der Waals surface area contributed by atoms with Crippen molar-refractivity contribution < 1.29 is 135 Å². The summed E-state index contributed by atoms with van der Waals surface area (Å²) < 4.78 is 346. The molecule has 0 radical (unpaired) electrons. The third kappa shape index (κ3) is 15.7. The van der Waals surface area contributed by atoms with Gasteiger partial charge in [0.2, 0.25) is 116 Å². The van der Waals surface area contributed by atoms with Crippen molar-refractivity contribution in [2.75, 3.05) is 12.3 Å². The molecule has 0 atom stereocenters. The largest absolute Gasteiger partial charge is 1.00 e. The number of hydrogen-bond acceptors (Lipinski definition) is 3. The van der Waals surface area contributed by atoms with Gasteiger partial charge in [0.25, 0.3) is 0 Å². The number of halogens is 26. The van der Waals surface area contributed by atoms with Crippen LogP contribution in [0.5, 0.6) is 0 Å². The van der Waals surface area contributed by atoms with E-state index in [1.165, 1.54) is 25.0 Å². The first-order chi connectivity index (χ1) is 33.1. The van der Waals surface area contributed by atoms with Crippen molar-refractivity contribution in [1.29, 1.82) is 0 Å². The molecular formula is C41H24CuF26N2OP3+2. The number of pyridine rings is 2. The molecule has 0 fully saturated rings. The van der Waals surface area contributed by atoms with Gasteiger partial charge < -0.3 is 4.79 Å². The minimum atomic E-state index is -10.7. The van der Waals surface area contributed by atoms with Gasteiger partial charge in [0.1, 0.15) is 18.1 Å². The minimum Gasteiger partial charge on any atom is -0.200 e. The number of benzene rings is 4. The van der Waals surface area contributed by atoms with E-state index in [0.29, 0.717) is 0 Å². The fourth-order valence-corrected chi connectivity index (χ4v) is 12.3. The summed E-state index contributed by atoms with van der Waals surface area (Å²) in [5, 5.41) is -9.46. The number of carbonyl (C=O) groups is 1. The van der Waals surface area contributed by atoms with Gasteiger partial charge in [-0.15, -0.1) is 0 Å². The van der Waals surface area contributed by atoms with Gasteiger partial charge in [0, 0.05) is 12.4 Å². The third-order valence-electron chi connectivity index (χ3n) is 8.76. The van der Waals surface area contributed by atoms with Crippen LogP contribution >= 0.6 is 23.7 Å². The Hall–Kier alpha value is -5.16. The SMILES string of the molecule is CC(C)=O.Cc1ccnc(-c2cc(C)ccn2)c1.F[P-](F)(F)(F)(F)F.Fc1c(F)c(F)c([PH+](CC[PH+](c2c(F)c(F)c(F)c(F)c2F)c2c(F)c(F)c(F)c(F)c2F)c2c(F)c(F)c(F)c(F)c2F)c(F)c1F.[Cu+]. The van der Waals surface area contributed by atoms with Crippen LogP contribution in [-0.4, -0.2) is 28.1 Å². The summed E-state index contributed by atoms with van der Waals surface area (Å²) >= 11 is 0. The van der Waals surface area contributed by atoms with Crippen LogP contribution in [0.25, 0.3) is 11.4 Å².